The molecule has 0 saturated carbocycles. The van der Waals surface area contributed by atoms with Gasteiger partial charge in [0.05, 0.1) is 5.56 Å². The minimum absolute atomic E-state index is 0.0305. The molecule has 0 saturated heterocycles. The number of rotatable bonds is 4. The van der Waals surface area contributed by atoms with Crippen molar-refractivity contribution in [3.8, 4) is 0 Å². The standard InChI is InChI=1S/C12H12F3NO2S/c1-7(4-11(17)18)6-19-10-3-2-8(5-9(10)16)12(13,14)15/h2-5H,6,16H2,1H3,(H,17,18). The Kier molecular flexibility index (Phi) is 4.88. The van der Waals surface area contributed by atoms with E-state index in [0.29, 0.717) is 16.2 Å². The van der Waals surface area contributed by atoms with E-state index in [4.69, 9.17) is 10.8 Å². The van der Waals surface area contributed by atoms with Gasteiger partial charge in [0.15, 0.2) is 0 Å². The first-order valence-electron chi connectivity index (χ1n) is 5.20. The molecule has 3 N–H and O–H groups in total. The van der Waals surface area contributed by atoms with Gasteiger partial charge in [-0.3, -0.25) is 0 Å². The quantitative estimate of drug-likeness (QED) is 0.507. The molecule has 0 aliphatic heterocycles. The lowest BCUT2D eigenvalue weighted by atomic mass is 10.2. The average molecular weight is 291 g/mol. The Morgan fingerprint density at radius 3 is 2.58 bits per heavy atom. The third kappa shape index (κ3) is 4.86. The minimum Gasteiger partial charge on any atom is -0.478 e. The number of nitrogens with two attached hydrogens (primary N) is 1. The van der Waals surface area contributed by atoms with Crippen LogP contribution in [0.5, 0.6) is 0 Å². The van der Waals surface area contributed by atoms with E-state index in [1.165, 1.54) is 17.8 Å². The zero-order chi connectivity index (χ0) is 14.6. The number of carboxylic acid groups (broad SMARTS) is 1. The largest absolute Gasteiger partial charge is 0.478 e. The lowest BCUT2D eigenvalue weighted by molar-refractivity contribution is -0.137. The number of halogens is 3. The van der Waals surface area contributed by atoms with Crippen LogP contribution in [0.1, 0.15) is 12.5 Å². The van der Waals surface area contributed by atoms with Crippen LogP contribution in [0.25, 0.3) is 0 Å². The van der Waals surface area contributed by atoms with Crippen molar-refractivity contribution in [1.29, 1.82) is 0 Å². The van der Waals surface area contributed by atoms with E-state index in [1.807, 2.05) is 0 Å². The van der Waals surface area contributed by atoms with Crippen molar-refractivity contribution in [2.45, 2.75) is 18.0 Å². The number of hydrogen-bond donors (Lipinski definition) is 2. The molecule has 0 bridgehead atoms. The zero-order valence-electron chi connectivity index (χ0n) is 9.99. The number of carboxylic acids is 1. The van der Waals surface area contributed by atoms with Gasteiger partial charge in [-0.05, 0) is 25.1 Å². The molecular weight excluding hydrogens is 279 g/mol. The van der Waals surface area contributed by atoms with E-state index >= 15 is 0 Å². The van der Waals surface area contributed by atoms with Crippen molar-refractivity contribution in [2.75, 3.05) is 11.5 Å². The van der Waals surface area contributed by atoms with Crippen LogP contribution < -0.4 is 5.73 Å². The van der Waals surface area contributed by atoms with Crippen LogP contribution in [-0.2, 0) is 11.0 Å². The molecule has 7 heteroatoms. The van der Waals surface area contributed by atoms with Crippen LogP contribution in [0.4, 0.5) is 18.9 Å². The van der Waals surface area contributed by atoms with Gasteiger partial charge in [-0.2, -0.15) is 13.2 Å². The summed E-state index contributed by atoms with van der Waals surface area (Å²) in [5.74, 6) is -0.708. The number of anilines is 1. The maximum atomic E-state index is 12.4. The fourth-order valence-electron chi connectivity index (χ4n) is 1.30. The van der Waals surface area contributed by atoms with Crippen LogP contribution in [0.15, 0.2) is 34.7 Å². The van der Waals surface area contributed by atoms with Gasteiger partial charge in [-0.25, -0.2) is 4.79 Å². The van der Waals surface area contributed by atoms with Crippen molar-refractivity contribution in [2.24, 2.45) is 0 Å². The predicted molar refractivity (Wildman–Crippen MR) is 68.0 cm³/mol. The number of carbonyl (C=O) groups is 1. The molecule has 0 aromatic heterocycles. The van der Waals surface area contributed by atoms with E-state index in [2.05, 4.69) is 0 Å². The third-order valence-corrected chi connectivity index (χ3v) is 3.44. The third-order valence-electron chi connectivity index (χ3n) is 2.16. The number of aliphatic carboxylic acids is 1. The highest BCUT2D eigenvalue weighted by atomic mass is 32.2. The van der Waals surface area contributed by atoms with Crippen molar-refractivity contribution in [3.63, 3.8) is 0 Å². The molecule has 0 amide bonds. The van der Waals surface area contributed by atoms with Crippen molar-refractivity contribution >= 4 is 23.4 Å². The molecule has 0 atom stereocenters. The summed E-state index contributed by atoms with van der Waals surface area (Å²) in [4.78, 5) is 10.9. The number of thioether (sulfide) groups is 1. The number of alkyl halides is 3. The van der Waals surface area contributed by atoms with E-state index in [-0.39, 0.29) is 5.69 Å². The highest BCUT2D eigenvalue weighted by molar-refractivity contribution is 7.99. The molecule has 104 valence electrons. The lowest BCUT2D eigenvalue weighted by Crippen LogP contribution is -2.05. The summed E-state index contributed by atoms with van der Waals surface area (Å²) in [6, 6.07) is 3.12. The zero-order valence-corrected chi connectivity index (χ0v) is 10.8. The van der Waals surface area contributed by atoms with Gasteiger partial charge in [0.25, 0.3) is 0 Å². The smallest absolute Gasteiger partial charge is 0.416 e. The van der Waals surface area contributed by atoms with Gasteiger partial charge in [0, 0.05) is 22.4 Å². The normalized spacial score (nSPS) is 12.5. The number of benzene rings is 1. The molecule has 0 aliphatic carbocycles. The Hall–Kier alpha value is -1.63. The monoisotopic (exact) mass is 291 g/mol. The molecule has 1 aromatic carbocycles. The van der Waals surface area contributed by atoms with Crippen LogP contribution in [-0.4, -0.2) is 16.8 Å². The molecule has 0 spiro atoms. The first-order valence-corrected chi connectivity index (χ1v) is 6.18. The molecule has 19 heavy (non-hydrogen) atoms. The second-order valence-corrected chi connectivity index (χ2v) is 4.89. The fourth-order valence-corrected chi connectivity index (χ4v) is 2.16. The van der Waals surface area contributed by atoms with Gasteiger partial charge in [-0.1, -0.05) is 5.57 Å². The SMILES string of the molecule is CC(=CC(=O)O)CSc1ccc(C(F)(F)F)cc1N. The summed E-state index contributed by atoms with van der Waals surface area (Å²) in [7, 11) is 0. The summed E-state index contributed by atoms with van der Waals surface area (Å²) in [6.45, 7) is 1.63. The van der Waals surface area contributed by atoms with Crippen LogP contribution in [0.2, 0.25) is 0 Å². The fraction of sp³-hybridized carbons (Fsp3) is 0.250. The molecule has 0 heterocycles. The minimum atomic E-state index is -4.42. The topological polar surface area (TPSA) is 63.3 Å². The van der Waals surface area contributed by atoms with Crippen LogP contribution in [0.3, 0.4) is 0 Å². The van der Waals surface area contributed by atoms with E-state index in [9.17, 15) is 18.0 Å². The summed E-state index contributed by atoms with van der Waals surface area (Å²) in [5.41, 5.74) is 5.37. The molecule has 0 radical (unpaired) electrons. The Morgan fingerprint density at radius 2 is 2.11 bits per heavy atom. The molecule has 1 aromatic rings. The first kappa shape index (κ1) is 15.4. The predicted octanol–water partition coefficient (Wildman–Crippen LogP) is 3.41. The van der Waals surface area contributed by atoms with Gasteiger partial charge in [0.2, 0.25) is 0 Å². The summed E-state index contributed by atoms with van der Waals surface area (Å²) >= 11 is 1.19. The van der Waals surface area contributed by atoms with Crippen LogP contribution in [0, 0.1) is 0 Å². The lowest BCUT2D eigenvalue weighted by Gasteiger charge is -2.10. The highest BCUT2D eigenvalue weighted by Crippen LogP contribution is 2.34. The van der Waals surface area contributed by atoms with Gasteiger partial charge in [-0.15, -0.1) is 11.8 Å². The second-order valence-electron chi connectivity index (χ2n) is 3.87. The van der Waals surface area contributed by atoms with Crippen molar-refractivity contribution in [1.82, 2.24) is 0 Å². The van der Waals surface area contributed by atoms with E-state index < -0.39 is 17.7 Å². The van der Waals surface area contributed by atoms with Crippen molar-refractivity contribution < 1.29 is 23.1 Å². The van der Waals surface area contributed by atoms with Gasteiger partial charge in [0.1, 0.15) is 0 Å². The second kappa shape index (κ2) is 6.01. The Bertz CT molecular complexity index is 512. The highest BCUT2D eigenvalue weighted by Gasteiger charge is 2.30. The molecule has 1 rings (SSSR count). The Balaban J connectivity index is 2.79. The van der Waals surface area contributed by atoms with Gasteiger partial charge >= 0.3 is 12.1 Å². The Labute approximate surface area is 112 Å². The molecular formula is C12H12F3NO2S. The number of nitrogen functional groups attached to an aromatic ring is 1. The average Bonchev–Trinajstić information content (AvgIpc) is 2.25. The van der Waals surface area contributed by atoms with E-state index in [0.717, 1.165) is 18.2 Å². The maximum Gasteiger partial charge on any atom is 0.416 e. The van der Waals surface area contributed by atoms with Crippen LogP contribution >= 0.6 is 11.8 Å². The summed E-state index contributed by atoms with van der Waals surface area (Å²) in [6.07, 6.45) is -3.37. The molecule has 0 aliphatic rings. The Morgan fingerprint density at radius 1 is 1.47 bits per heavy atom. The van der Waals surface area contributed by atoms with Crippen molar-refractivity contribution in [3.05, 3.63) is 35.4 Å². The molecule has 0 fully saturated rings. The number of hydrogen-bond acceptors (Lipinski definition) is 3. The van der Waals surface area contributed by atoms with Gasteiger partial charge < -0.3 is 10.8 Å². The molecule has 0 unspecified atom stereocenters. The summed E-state index contributed by atoms with van der Waals surface area (Å²) < 4.78 is 37.3. The molecule has 3 nitrogen and oxygen atoms in total. The van der Waals surface area contributed by atoms with E-state index in [1.54, 1.807) is 6.92 Å². The summed E-state index contributed by atoms with van der Waals surface area (Å²) in [5, 5.41) is 8.53. The maximum absolute atomic E-state index is 12.4. The first-order chi connectivity index (χ1) is 8.70.